The first-order chi connectivity index (χ1) is 12.6. The molecule has 0 aromatic heterocycles. The molecule has 2 rings (SSSR count). The normalized spacial score (nSPS) is 11.2. The van der Waals surface area contributed by atoms with E-state index in [-0.39, 0.29) is 11.6 Å². The topological polar surface area (TPSA) is 75.1 Å². The number of guanidine groups is 1. The van der Waals surface area contributed by atoms with Crippen LogP contribution < -0.4 is 20.1 Å². The van der Waals surface area contributed by atoms with Crippen molar-refractivity contribution in [3.8, 4) is 17.2 Å². The number of rotatable bonds is 7. The lowest BCUT2D eigenvalue weighted by Gasteiger charge is -2.14. The zero-order chi connectivity index (χ0) is 18.9. The molecular weight excluding hydrogens is 337 g/mol. The number of ether oxygens (including phenoxy) is 2. The van der Waals surface area contributed by atoms with Crippen molar-refractivity contribution in [3.05, 3.63) is 53.3 Å². The lowest BCUT2D eigenvalue weighted by Crippen LogP contribution is -2.37. The van der Waals surface area contributed by atoms with E-state index >= 15 is 0 Å². The fraction of sp³-hybridized carbons (Fsp3) is 0.316. The van der Waals surface area contributed by atoms with Crippen molar-refractivity contribution in [1.82, 2.24) is 10.6 Å². The molecule has 6 nitrogen and oxygen atoms in total. The second-order valence-electron chi connectivity index (χ2n) is 5.58. The van der Waals surface area contributed by atoms with Gasteiger partial charge in [-0.05, 0) is 41.8 Å². The maximum Gasteiger partial charge on any atom is 0.200 e. The molecule has 0 unspecified atom stereocenters. The zero-order valence-corrected chi connectivity index (χ0v) is 15.2. The van der Waals surface area contributed by atoms with Gasteiger partial charge in [-0.15, -0.1) is 0 Å². The average molecular weight is 361 g/mol. The fourth-order valence-corrected chi connectivity index (χ4v) is 2.47. The predicted molar refractivity (Wildman–Crippen MR) is 99.5 cm³/mol. The minimum Gasteiger partial charge on any atom is -0.502 e. The molecule has 140 valence electrons. The smallest absolute Gasteiger partial charge is 0.200 e. The van der Waals surface area contributed by atoms with E-state index in [0.29, 0.717) is 37.0 Å². The lowest BCUT2D eigenvalue weighted by atomic mass is 10.1. The Kier molecular flexibility index (Phi) is 7.08. The number of aromatic hydroxyl groups is 1. The summed E-state index contributed by atoms with van der Waals surface area (Å²) in [5, 5.41) is 16.3. The van der Waals surface area contributed by atoms with Crippen LogP contribution in [0, 0.1) is 5.82 Å². The van der Waals surface area contributed by atoms with Crippen LogP contribution in [0.4, 0.5) is 4.39 Å². The van der Waals surface area contributed by atoms with Gasteiger partial charge in [-0.2, -0.15) is 0 Å². The summed E-state index contributed by atoms with van der Waals surface area (Å²) in [6, 6.07) is 9.99. The van der Waals surface area contributed by atoms with Crippen LogP contribution in [0.5, 0.6) is 17.2 Å². The van der Waals surface area contributed by atoms with Crippen LogP contribution in [-0.4, -0.2) is 38.9 Å². The van der Waals surface area contributed by atoms with Crippen molar-refractivity contribution < 1.29 is 19.0 Å². The molecule has 0 spiro atoms. The number of nitrogens with zero attached hydrogens (tertiary/aromatic N) is 1. The maximum absolute atomic E-state index is 13.2. The molecule has 0 aliphatic carbocycles. The van der Waals surface area contributed by atoms with E-state index < -0.39 is 0 Å². The van der Waals surface area contributed by atoms with Crippen LogP contribution in [0.3, 0.4) is 0 Å². The second kappa shape index (κ2) is 9.50. The van der Waals surface area contributed by atoms with E-state index in [1.807, 2.05) is 6.07 Å². The van der Waals surface area contributed by atoms with Crippen molar-refractivity contribution in [3.63, 3.8) is 0 Å². The quantitative estimate of drug-likeness (QED) is 0.522. The van der Waals surface area contributed by atoms with E-state index in [4.69, 9.17) is 9.47 Å². The van der Waals surface area contributed by atoms with E-state index in [2.05, 4.69) is 15.6 Å². The third-order valence-corrected chi connectivity index (χ3v) is 3.82. The summed E-state index contributed by atoms with van der Waals surface area (Å²) in [6.45, 7) is 1.08. The monoisotopic (exact) mass is 361 g/mol. The van der Waals surface area contributed by atoms with Crippen LogP contribution in [0.25, 0.3) is 0 Å². The maximum atomic E-state index is 13.2. The van der Waals surface area contributed by atoms with E-state index in [1.165, 1.54) is 26.4 Å². The average Bonchev–Trinajstić information content (AvgIpc) is 2.65. The SMILES string of the molecule is CN=C(NCCc1cccc(F)c1)NCc1cc(OC)c(O)c(OC)c1. The molecule has 0 radical (unpaired) electrons. The van der Waals surface area contributed by atoms with Gasteiger partial charge in [0.1, 0.15) is 5.82 Å². The minimum absolute atomic E-state index is 0.0312. The standard InChI is InChI=1S/C19H24FN3O3/c1-21-19(22-8-7-13-5-4-6-15(20)9-13)23-12-14-10-16(25-2)18(24)17(11-14)26-3/h4-6,9-11,24H,7-8,12H2,1-3H3,(H2,21,22,23). The number of hydrogen-bond donors (Lipinski definition) is 3. The molecule has 7 heteroatoms. The Labute approximate surface area is 152 Å². The zero-order valence-electron chi connectivity index (χ0n) is 15.2. The number of nitrogens with one attached hydrogen (secondary N) is 2. The largest absolute Gasteiger partial charge is 0.502 e. The molecule has 0 atom stereocenters. The highest BCUT2D eigenvalue weighted by Crippen LogP contribution is 2.36. The van der Waals surface area contributed by atoms with Crippen molar-refractivity contribution in [1.29, 1.82) is 0 Å². The highest BCUT2D eigenvalue weighted by Gasteiger charge is 2.11. The van der Waals surface area contributed by atoms with Gasteiger partial charge in [-0.3, -0.25) is 4.99 Å². The molecule has 2 aromatic carbocycles. The molecule has 0 bridgehead atoms. The molecule has 0 heterocycles. The van der Waals surface area contributed by atoms with Crippen LogP contribution in [0.2, 0.25) is 0 Å². The molecule has 0 saturated carbocycles. The molecule has 0 aliphatic rings. The minimum atomic E-state index is -0.236. The number of halogens is 1. The molecule has 0 amide bonds. The highest BCUT2D eigenvalue weighted by atomic mass is 19.1. The van der Waals surface area contributed by atoms with Crippen LogP contribution in [-0.2, 0) is 13.0 Å². The van der Waals surface area contributed by atoms with Crippen molar-refractivity contribution in [2.75, 3.05) is 27.8 Å². The molecule has 26 heavy (non-hydrogen) atoms. The Bertz CT molecular complexity index is 740. The molecule has 0 aliphatic heterocycles. The Morgan fingerprint density at radius 1 is 1.08 bits per heavy atom. The van der Waals surface area contributed by atoms with E-state index in [0.717, 1.165) is 11.1 Å². The van der Waals surface area contributed by atoms with Gasteiger partial charge in [-0.25, -0.2) is 4.39 Å². The van der Waals surface area contributed by atoms with Gasteiger partial charge in [0.15, 0.2) is 17.5 Å². The summed E-state index contributed by atoms with van der Waals surface area (Å²) in [5.74, 6) is 1.04. The number of phenolic OH excluding ortho intramolecular Hbond substituents is 1. The number of methoxy groups -OCH3 is 2. The van der Waals surface area contributed by atoms with Crippen LogP contribution in [0.15, 0.2) is 41.4 Å². The first-order valence-electron chi connectivity index (χ1n) is 8.20. The Morgan fingerprint density at radius 3 is 2.35 bits per heavy atom. The third-order valence-electron chi connectivity index (χ3n) is 3.82. The van der Waals surface area contributed by atoms with Gasteiger partial charge < -0.3 is 25.2 Å². The summed E-state index contributed by atoms with van der Waals surface area (Å²) < 4.78 is 23.5. The molecule has 0 saturated heterocycles. The predicted octanol–water partition coefficient (Wildman–Crippen LogP) is 2.46. The second-order valence-corrected chi connectivity index (χ2v) is 5.58. The molecule has 0 fully saturated rings. The van der Waals surface area contributed by atoms with Gasteiger partial charge in [0, 0.05) is 20.1 Å². The number of hydrogen-bond acceptors (Lipinski definition) is 4. The highest BCUT2D eigenvalue weighted by molar-refractivity contribution is 5.79. The lowest BCUT2D eigenvalue weighted by molar-refractivity contribution is 0.339. The fourth-order valence-electron chi connectivity index (χ4n) is 2.47. The number of benzene rings is 2. The summed E-state index contributed by atoms with van der Waals surface area (Å²) in [4.78, 5) is 4.16. The molecule has 3 N–H and O–H groups in total. The Hall–Kier alpha value is -2.96. The van der Waals surface area contributed by atoms with Gasteiger partial charge in [0.05, 0.1) is 14.2 Å². The summed E-state index contributed by atoms with van der Waals surface area (Å²) >= 11 is 0. The first kappa shape index (κ1) is 19.4. The number of aliphatic imine (C=N–C) groups is 1. The summed E-state index contributed by atoms with van der Waals surface area (Å²) in [6.07, 6.45) is 0.680. The first-order valence-corrected chi connectivity index (χ1v) is 8.20. The van der Waals surface area contributed by atoms with Crippen molar-refractivity contribution in [2.24, 2.45) is 4.99 Å². The summed E-state index contributed by atoms with van der Waals surface area (Å²) in [5.41, 5.74) is 1.78. The molecule has 2 aromatic rings. The van der Waals surface area contributed by atoms with Gasteiger partial charge in [0.25, 0.3) is 0 Å². The van der Waals surface area contributed by atoms with Crippen LogP contribution >= 0.6 is 0 Å². The van der Waals surface area contributed by atoms with E-state index in [9.17, 15) is 9.50 Å². The Morgan fingerprint density at radius 2 is 1.77 bits per heavy atom. The third kappa shape index (κ3) is 5.27. The van der Waals surface area contributed by atoms with Gasteiger partial charge >= 0.3 is 0 Å². The molecular formula is C19H24FN3O3. The van der Waals surface area contributed by atoms with Crippen LogP contribution in [0.1, 0.15) is 11.1 Å². The Balaban J connectivity index is 1.90. The summed E-state index contributed by atoms with van der Waals surface area (Å²) in [7, 11) is 4.65. The van der Waals surface area contributed by atoms with Gasteiger partial charge in [0.2, 0.25) is 5.75 Å². The van der Waals surface area contributed by atoms with Gasteiger partial charge in [-0.1, -0.05) is 12.1 Å². The van der Waals surface area contributed by atoms with E-state index in [1.54, 1.807) is 25.2 Å². The number of phenols is 1. The van der Waals surface area contributed by atoms with Crippen molar-refractivity contribution in [2.45, 2.75) is 13.0 Å². The van der Waals surface area contributed by atoms with Crippen molar-refractivity contribution >= 4 is 5.96 Å².